The quantitative estimate of drug-likeness (QED) is 0.883. The molecule has 0 bridgehead atoms. The predicted octanol–water partition coefficient (Wildman–Crippen LogP) is 2.82. The minimum absolute atomic E-state index is 0.121. The number of nitrogens with zero attached hydrogens (tertiary/aromatic N) is 1. The van der Waals surface area contributed by atoms with E-state index in [1.54, 1.807) is 0 Å². The fourth-order valence-electron chi connectivity index (χ4n) is 1.76. The molecule has 1 saturated heterocycles. The summed E-state index contributed by atoms with van der Waals surface area (Å²) in [5.41, 5.74) is 5.82. The first-order valence-corrected chi connectivity index (χ1v) is 7.85. The predicted molar refractivity (Wildman–Crippen MR) is 76.3 cm³/mol. The standard InChI is InChI=1S/C11H19N3OS2/c1-7(2)15-9-10(12)14-17-11(9)13-8-3-5-16-6-4-8/h7-8,13H,3-6H2,1-2H3,(H2,12,14). The van der Waals surface area contributed by atoms with Crippen LogP contribution in [0.3, 0.4) is 0 Å². The molecule has 0 amide bonds. The molecular formula is C11H19N3OS2. The van der Waals surface area contributed by atoms with Crippen LogP contribution in [-0.2, 0) is 0 Å². The van der Waals surface area contributed by atoms with Crippen LogP contribution in [0, 0.1) is 0 Å². The average Bonchev–Trinajstić information content (AvgIpc) is 2.62. The molecule has 0 saturated carbocycles. The lowest BCUT2D eigenvalue weighted by Gasteiger charge is -2.23. The molecule has 0 spiro atoms. The first-order valence-electron chi connectivity index (χ1n) is 5.93. The summed E-state index contributed by atoms with van der Waals surface area (Å²) < 4.78 is 9.87. The molecule has 0 unspecified atom stereocenters. The van der Waals surface area contributed by atoms with Crippen molar-refractivity contribution in [3.63, 3.8) is 0 Å². The Morgan fingerprint density at radius 1 is 1.41 bits per heavy atom. The summed E-state index contributed by atoms with van der Waals surface area (Å²) in [6, 6.07) is 0.533. The van der Waals surface area contributed by atoms with E-state index in [-0.39, 0.29) is 6.10 Å². The summed E-state index contributed by atoms with van der Waals surface area (Å²) in [5.74, 6) is 3.68. The van der Waals surface area contributed by atoms with E-state index >= 15 is 0 Å². The van der Waals surface area contributed by atoms with Crippen molar-refractivity contribution >= 4 is 34.1 Å². The molecule has 1 aliphatic heterocycles. The van der Waals surface area contributed by atoms with E-state index in [4.69, 9.17) is 10.5 Å². The molecule has 3 N–H and O–H groups in total. The van der Waals surface area contributed by atoms with Crippen LogP contribution >= 0.6 is 23.3 Å². The van der Waals surface area contributed by atoms with Crippen molar-refractivity contribution in [2.75, 3.05) is 22.6 Å². The Morgan fingerprint density at radius 3 is 2.76 bits per heavy atom. The molecule has 0 aromatic carbocycles. The average molecular weight is 273 g/mol. The minimum Gasteiger partial charge on any atom is -0.484 e. The van der Waals surface area contributed by atoms with Crippen molar-refractivity contribution in [1.29, 1.82) is 0 Å². The van der Waals surface area contributed by atoms with Gasteiger partial charge in [0.2, 0.25) is 0 Å². The van der Waals surface area contributed by atoms with E-state index < -0.39 is 0 Å². The van der Waals surface area contributed by atoms with Crippen LogP contribution in [0.4, 0.5) is 10.8 Å². The molecule has 0 atom stereocenters. The summed E-state index contributed by atoms with van der Waals surface area (Å²) >= 11 is 3.42. The zero-order valence-electron chi connectivity index (χ0n) is 10.2. The zero-order valence-corrected chi connectivity index (χ0v) is 11.9. The number of hydrogen-bond acceptors (Lipinski definition) is 6. The zero-order chi connectivity index (χ0) is 12.3. The number of nitrogens with two attached hydrogens (primary N) is 1. The van der Waals surface area contributed by atoms with Crippen molar-refractivity contribution in [3.05, 3.63) is 0 Å². The van der Waals surface area contributed by atoms with Gasteiger partial charge in [0.05, 0.1) is 6.10 Å². The number of aromatic nitrogens is 1. The monoisotopic (exact) mass is 273 g/mol. The van der Waals surface area contributed by atoms with Crippen LogP contribution in [0.25, 0.3) is 0 Å². The molecule has 96 valence electrons. The van der Waals surface area contributed by atoms with Crippen LogP contribution in [0.1, 0.15) is 26.7 Å². The van der Waals surface area contributed by atoms with Gasteiger partial charge in [0.25, 0.3) is 0 Å². The highest BCUT2D eigenvalue weighted by Gasteiger charge is 2.19. The van der Waals surface area contributed by atoms with E-state index in [9.17, 15) is 0 Å². The maximum absolute atomic E-state index is 5.82. The lowest BCUT2D eigenvalue weighted by molar-refractivity contribution is 0.245. The van der Waals surface area contributed by atoms with Gasteiger partial charge in [-0.2, -0.15) is 16.1 Å². The maximum Gasteiger partial charge on any atom is 0.197 e. The van der Waals surface area contributed by atoms with Gasteiger partial charge >= 0.3 is 0 Å². The second kappa shape index (κ2) is 5.82. The summed E-state index contributed by atoms with van der Waals surface area (Å²) in [5, 5.41) is 4.49. The molecule has 1 fully saturated rings. The second-order valence-electron chi connectivity index (χ2n) is 4.42. The first-order chi connectivity index (χ1) is 8.16. The molecule has 0 aliphatic carbocycles. The largest absolute Gasteiger partial charge is 0.484 e. The highest BCUT2D eigenvalue weighted by molar-refractivity contribution is 7.99. The summed E-state index contributed by atoms with van der Waals surface area (Å²) in [6.45, 7) is 4.00. The molecule has 1 aromatic rings. The van der Waals surface area contributed by atoms with Crippen LogP contribution in [0.15, 0.2) is 0 Å². The van der Waals surface area contributed by atoms with Gasteiger partial charge in [0.1, 0.15) is 0 Å². The number of nitrogens with one attached hydrogen (secondary N) is 1. The van der Waals surface area contributed by atoms with E-state index in [2.05, 4.69) is 9.69 Å². The lowest BCUT2D eigenvalue weighted by Crippen LogP contribution is -2.24. The van der Waals surface area contributed by atoms with Crippen LogP contribution < -0.4 is 15.8 Å². The van der Waals surface area contributed by atoms with Gasteiger partial charge in [0, 0.05) is 6.04 Å². The fourth-order valence-corrected chi connectivity index (χ4v) is 3.60. The summed E-state index contributed by atoms with van der Waals surface area (Å²) in [6.07, 6.45) is 2.52. The second-order valence-corrected chi connectivity index (χ2v) is 6.42. The number of rotatable bonds is 4. The molecule has 17 heavy (non-hydrogen) atoms. The molecule has 2 heterocycles. The Kier molecular flexibility index (Phi) is 4.39. The van der Waals surface area contributed by atoms with Gasteiger partial charge in [-0.3, -0.25) is 0 Å². The number of hydrogen-bond donors (Lipinski definition) is 2. The number of ether oxygens (including phenoxy) is 1. The highest BCUT2D eigenvalue weighted by atomic mass is 32.2. The van der Waals surface area contributed by atoms with Gasteiger partial charge < -0.3 is 15.8 Å². The smallest absolute Gasteiger partial charge is 0.197 e. The molecule has 0 radical (unpaired) electrons. The SMILES string of the molecule is CC(C)Oc1c(N)nsc1NC1CCSCC1. The van der Waals surface area contributed by atoms with Crippen molar-refractivity contribution in [2.45, 2.75) is 38.8 Å². The van der Waals surface area contributed by atoms with E-state index in [1.165, 1.54) is 35.9 Å². The van der Waals surface area contributed by atoms with Gasteiger partial charge in [-0.15, -0.1) is 0 Å². The van der Waals surface area contributed by atoms with Gasteiger partial charge in [-0.05, 0) is 49.7 Å². The molecule has 1 aromatic heterocycles. The third-order valence-electron chi connectivity index (χ3n) is 2.58. The topological polar surface area (TPSA) is 60.2 Å². The van der Waals surface area contributed by atoms with Crippen LogP contribution in [0.5, 0.6) is 5.75 Å². The molecular weight excluding hydrogens is 254 g/mol. The Morgan fingerprint density at radius 2 is 2.12 bits per heavy atom. The van der Waals surface area contributed by atoms with Crippen molar-refractivity contribution < 1.29 is 4.74 Å². The lowest BCUT2D eigenvalue weighted by atomic mass is 10.1. The normalized spacial score (nSPS) is 17.4. The van der Waals surface area contributed by atoms with E-state index in [0.717, 1.165) is 10.8 Å². The number of thioether (sulfide) groups is 1. The van der Waals surface area contributed by atoms with E-state index in [0.29, 0.717) is 11.9 Å². The fraction of sp³-hybridized carbons (Fsp3) is 0.727. The van der Waals surface area contributed by atoms with Crippen molar-refractivity contribution in [1.82, 2.24) is 4.37 Å². The van der Waals surface area contributed by atoms with Crippen LogP contribution in [0.2, 0.25) is 0 Å². The molecule has 4 nitrogen and oxygen atoms in total. The van der Waals surface area contributed by atoms with Crippen LogP contribution in [-0.4, -0.2) is 28.0 Å². The maximum atomic E-state index is 5.82. The first kappa shape index (κ1) is 12.8. The third-order valence-corrected chi connectivity index (χ3v) is 4.41. The Balaban J connectivity index is 2.04. The number of anilines is 2. The van der Waals surface area contributed by atoms with Gasteiger partial charge in [0.15, 0.2) is 16.6 Å². The molecule has 1 aliphatic rings. The highest BCUT2D eigenvalue weighted by Crippen LogP contribution is 2.37. The van der Waals surface area contributed by atoms with Crippen molar-refractivity contribution in [2.24, 2.45) is 0 Å². The van der Waals surface area contributed by atoms with Gasteiger partial charge in [-0.1, -0.05) is 0 Å². The van der Waals surface area contributed by atoms with Gasteiger partial charge in [-0.25, -0.2) is 0 Å². The Hall–Kier alpha value is -0.620. The Labute approximate surface area is 110 Å². The van der Waals surface area contributed by atoms with E-state index in [1.807, 2.05) is 25.6 Å². The minimum atomic E-state index is 0.121. The molecule has 2 rings (SSSR count). The van der Waals surface area contributed by atoms with Crippen molar-refractivity contribution in [3.8, 4) is 5.75 Å². The Bertz CT molecular complexity index is 362. The number of nitrogen functional groups attached to an aromatic ring is 1. The summed E-state index contributed by atoms with van der Waals surface area (Å²) in [4.78, 5) is 0. The molecule has 6 heteroatoms. The summed E-state index contributed by atoms with van der Waals surface area (Å²) in [7, 11) is 0. The third kappa shape index (κ3) is 3.42.